The third-order valence-corrected chi connectivity index (χ3v) is 6.17. The smallest absolute Gasteiger partial charge is 0.225 e. The van der Waals surface area contributed by atoms with Crippen molar-refractivity contribution in [3.63, 3.8) is 0 Å². The Labute approximate surface area is 161 Å². The number of aryl methyl sites for hydroxylation is 1. The standard InChI is InChI=1S/C21H26N2O3S/c1-3-15-7-9-16(10-8-15)20(23-21(24)18-11-12-22-14-18)17-5-4-6-19(13-17)27(2,25)26/h4-10,13,18,20,22H,3,11-12,14H2,1-2H3,(H,23,24). The van der Waals surface area contributed by atoms with Crippen LogP contribution in [0.5, 0.6) is 0 Å². The number of amides is 1. The van der Waals surface area contributed by atoms with Crippen LogP contribution < -0.4 is 10.6 Å². The second kappa shape index (κ2) is 8.23. The molecule has 1 heterocycles. The van der Waals surface area contributed by atoms with E-state index in [2.05, 4.69) is 17.6 Å². The molecular weight excluding hydrogens is 360 g/mol. The number of carbonyl (C=O) groups excluding carboxylic acids is 1. The molecular formula is C21H26N2O3S. The summed E-state index contributed by atoms with van der Waals surface area (Å²) in [5.74, 6) is -0.0603. The minimum absolute atomic E-state index is 0.00525. The molecule has 2 atom stereocenters. The Balaban J connectivity index is 1.97. The van der Waals surface area contributed by atoms with Crippen LogP contribution in [-0.2, 0) is 21.1 Å². The quantitative estimate of drug-likeness (QED) is 0.800. The molecule has 5 nitrogen and oxygen atoms in total. The normalized spacial score (nSPS) is 18.2. The van der Waals surface area contributed by atoms with Crippen LogP contribution in [0.1, 0.15) is 36.1 Å². The van der Waals surface area contributed by atoms with Crippen molar-refractivity contribution in [1.29, 1.82) is 0 Å². The fourth-order valence-electron chi connectivity index (χ4n) is 3.37. The molecule has 0 aliphatic carbocycles. The zero-order chi connectivity index (χ0) is 19.4. The molecule has 1 saturated heterocycles. The van der Waals surface area contributed by atoms with Gasteiger partial charge in [0.1, 0.15) is 0 Å². The summed E-state index contributed by atoms with van der Waals surface area (Å²) in [5.41, 5.74) is 2.92. The zero-order valence-corrected chi connectivity index (χ0v) is 16.6. The van der Waals surface area contributed by atoms with Crippen LogP contribution in [0, 0.1) is 5.92 Å². The van der Waals surface area contributed by atoms with Crippen molar-refractivity contribution in [3.05, 3.63) is 65.2 Å². The van der Waals surface area contributed by atoms with E-state index in [4.69, 9.17) is 0 Å². The second-order valence-corrected chi connectivity index (χ2v) is 9.09. The molecule has 2 N–H and O–H groups in total. The molecule has 1 fully saturated rings. The van der Waals surface area contributed by atoms with Gasteiger partial charge < -0.3 is 10.6 Å². The van der Waals surface area contributed by atoms with Crippen LogP contribution in [0.2, 0.25) is 0 Å². The minimum Gasteiger partial charge on any atom is -0.345 e. The van der Waals surface area contributed by atoms with Crippen molar-refractivity contribution in [2.24, 2.45) is 5.92 Å². The molecule has 2 aromatic carbocycles. The van der Waals surface area contributed by atoms with Crippen LogP contribution in [0.4, 0.5) is 0 Å². The second-order valence-electron chi connectivity index (χ2n) is 7.07. The highest BCUT2D eigenvalue weighted by atomic mass is 32.2. The molecule has 0 bridgehead atoms. The third kappa shape index (κ3) is 4.76. The Hall–Kier alpha value is -2.18. The van der Waals surface area contributed by atoms with Gasteiger partial charge in [-0.05, 0) is 48.2 Å². The van der Waals surface area contributed by atoms with Crippen molar-refractivity contribution in [1.82, 2.24) is 10.6 Å². The number of nitrogens with one attached hydrogen (secondary N) is 2. The van der Waals surface area contributed by atoms with E-state index in [0.717, 1.165) is 30.5 Å². The molecule has 0 spiro atoms. The Morgan fingerprint density at radius 3 is 2.52 bits per heavy atom. The lowest BCUT2D eigenvalue weighted by Gasteiger charge is -2.22. The Kier molecular flexibility index (Phi) is 5.97. The monoisotopic (exact) mass is 386 g/mol. The van der Waals surface area contributed by atoms with Crippen LogP contribution in [0.15, 0.2) is 53.4 Å². The maximum absolute atomic E-state index is 12.7. The summed E-state index contributed by atoms with van der Waals surface area (Å²) >= 11 is 0. The first-order valence-corrected chi connectivity index (χ1v) is 11.2. The molecule has 0 aromatic heterocycles. The SMILES string of the molecule is CCc1ccc(C(NC(=O)C2CCNC2)c2cccc(S(C)(=O)=O)c2)cc1. The van der Waals surface area contributed by atoms with E-state index < -0.39 is 9.84 Å². The molecule has 1 aliphatic heterocycles. The molecule has 144 valence electrons. The van der Waals surface area contributed by atoms with Gasteiger partial charge in [-0.25, -0.2) is 8.42 Å². The van der Waals surface area contributed by atoms with E-state index in [1.807, 2.05) is 30.3 Å². The molecule has 27 heavy (non-hydrogen) atoms. The Bertz CT molecular complexity index is 901. The molecule has 2 aromatic rings. The van der Waals surface area contributed by atoms with Crippen LogP contribution >= 0.6 is 0 Å². The van der Waals surface area contributed by atoms with Crippen molar-refractivity contribution >= 4 is 15.7 Å². The van der Waals surface area contributed by atoms with E-state index >= 15 is 0 Å². The Morgan fingerprint density at radius 1 is 1.19 bits per heavy atom. The van der Waals surface area contributed by atoms with E-state index in [1.165, 1.54) is 11.8 Å². The highest BCUT2D eigenvalue weighted by Gasteiger charge is 2.26. The van der Waals surface area contributed by atoms with Gasteiger partial charge >= 0.3 is 0 Å². The molecule has 1 amide bonds. The average molecular weight is 387 g/mol. The number of sulfone groups is 1. The van der Waals surface area contributed by atoms with Gasteiger partial charge in [0.25, 0.3) is 0 Å². The van der Waals surface area contributed by atoms with Crippen molar-refractivity contribution in [2.75, 3.05) is 19.3 Å². The average Bonchev–Trinajstić information content (AvgIpc) is 3.20. The maximum Gasteiger partial charge on any atom is 0.225 e. The van der Waals surface area contributed by atoms with E-state index in [0.29, 0.717) is 6.54 Å². The van der Waals surface area contributed by atoms with Crippen molar-refractivity contribution in [2.45, 2.75) is 30.7 Å². The van der Waals surface area contributed by atoms with Gasteiger partial charge in [0.05, 0.1) is 16.9 Å². The highest BCUT2D eigenvalue weighted by molar-refractivity contribution is 7.90. The maximum atomic E-state index is 12.7. The highest BCUT2D eigenvalue weighted by Crippen LogP contribution is 2.26. The van der Waals surface area contributed by atoms with E-state index in [1.54, 1.807) is 18.2 Å². The predicted molar refractivity (Wildman–Crippen MR) is 106 cm³/mol. The Morgan fingerprint density at radius 2 is 1.93 bits per heavy atom. The first kappa shape index (κ1) is 19.6. The number of hydrogen-bond acceptors (Lipinski definition) is 4. The first-order chi connectivity index (χ1) is 12.9. The molecule has 2 unspecified atom stereocenters. The number of benzene rings is 2. The summed E-state index contributed by atoms with van der Waals surface area (Å²) in [6.45, 7) is 3.62. The predicted octanol–water partition coefficient (Wildman–Crippen LogP) is 2.47. The van der Waals surface area contributed by atoms with Crippen LogP contribution in [-0.4, -0.2) is 33.7 Å². The van der Waals surface area contributed by atoms with Crippen LogP contribution in [0.25, 0.3) is 0 Å². The summed E-state index contributed by atoms with van der Waals surface area (Å²) < 4.78 is 23.9. The largest absolute Gasteiger partial charge is 0.345 e. The third-order valence-electron chi connectivity index (χ3n) is 5.06. The lowest BCUT2D eigenvalue weighted by atomic mass is 9.96. The van der Waals surface area contributed by atoms with Gasteiger partial charge in [0.2, 0.25) is 5.91 Å². The van der Waals surface area contributed by atoms with Gasteiger partial charge in [0.15, 0.2) is 9.84 Å². The summed E-state index contributed by atoms with van der Waals surface area (Å²) in [5, 5.41) is 6.34. The lowest BCUT2D eigenvalue weighted by molar-refractivity contribution is -0.124. The van der Waals surface area contributed by atoms with Crippen molar-refractivity contribution < 1.29 is 13.2 Å². The molecule has 3 rings (SSSR count). The van der Waals surface area contributed by atoms with Crippen molar-refractivity contribution in [3.8, 4) is 0 Å². The fourth-order valence-corrected chi connectivity index (χ4v) is 4.04. The molecule has 0 saturated carbocycles. The molecule has 0 radical (unpaired) electrons. The lowest BCUT2D eigenvalue weighted by Crippen LogP contribution is -2.35. The summed E-state index contributed by atoms with van der Waals surface area (Å²) in [6, 6.07) is 14.5. The zero-order valence-electron chi connectivity index (χ0n) is 15.7. The molecule has 6 heteroatoms. The summed E-state index contributed by atoms with van der Waals surface area (Å²) in [4.78, 5) is 13.0. The van der Waals surface area contributed by atoms with E-state index in [9.17, 15) is 13.2 Å². The van der Waals surface area contributed by atoms with Crippen LogP contribution in [0.3, 0.4) is 0 Å². The first-order valence-electron chi connectivity index (χ1n) is 9.28. The van der Waals surface area contributed by atoms with Gasteiger partial charge in [-0.3, -0.25) is 4.79 Å². The number of hydrogen-bond donors (Lipinski definition) is 2. The number of carbonyl (C=O) groups is 1. The van der Waals surface area contributed by atoms with Gasteiger partial charge in [-0.1, -0.05) is 43.3 Å². The minimum atomic E-state index is -3.32. The summed E-state index contributed by atoms with van der Waals surface area (Å²) in [7, 11) is -3.32. The van der Waals surface area contributed by atoms with E-state index in [-0.39, 0.29) is 22.8 Å². The van der Waals surface area contributed by atoms with Gasteiger partial charge in [0, 0.05) is 12.8 Å². The molecule has 1 aliphatic rings. The summed E-state index contributed by atoms with van der Waals surface area (Å²) in [6.07, 6.45) is 2.95. The number of rotatable bonds is 6. The topological polar surface area (TPSA) is 75.3 Å². The van der Waals surface area contributed by atoms with Gasteiger partial charge in [-0.15, -0.1) is 0 Å². The van der Waals surface area contributed by atoms with Gasteiger partial charge in [-0.2, -0.15) is 0 Å². The fraction of sp³-hybridized carbons (Fsp3) is 0.381.